The number of carbonyl (C=O) groups is 4. The molecule has 0 aromatic carbocycles. The van der Waals surface area contributed by atoms with Crippen molar-refractivity contribution in [3.63, 3.8) is 0 Å². The summed E-state index contributed by atoms with van der Waals surface area (Å²) in [6.45, 7) is 0.0602. The molecule has 0 aliphatic carbocycles. The highest BCUT2D eigenvalue weighted by Crippen LogP contribution is 2.14. The number of esters is 1. The Kier molecular flexibility index (Phi) is 5.96. The zero-order valence-electron chi connectivity index (χ0n) is 9.61. The summed E-state index contributed by atoms with van der Waals surface area (Å²) in [5, 5.41) is 9.68. The molecule has 1 amide bonds. The highest BCUT2D eigenvalue weighted by Gasteiger charge is 2.41. The standard InChI is InChI=1S/C9H10F3NO6/c1-4(14)2-6(15)19-3-5(7(16)17)13-8(18)9(10,11)12/h5H,2-3H2,1H3,(H,13,18)(H,16,17)/t5-/m0/s1. The molecule has 0 heterocycles. The van der Waals surface area contributed by atoms with E-state index in [1.165, 1.54) is 0 Å². The Hall–Kier alpha value is -2.13. The average molecular weight is 285 g/mol. The van der Waals surface area contributed by atoms with Crippen LogP contribution in [0.25, 0.3) is 0 Å². The second-order valence-corrected chi connectivity index (χ2v) is 3.42. The predicted octanol–water partition coefficient (Wildman–Crippen LogP) is -0.360. The second-order valence-electron chi connectivity index (χ2n) is 3.42. The first-order valence-corrected chi connectivity index (χ1v) is 4.79. The summed E-state index contributed by atoms with van der Waals surface area (Å²) >= 11 is 0. The lowest BCUT2D eigenvalue weighted by molar-refractivity contribution is -0.176. The molecule has 0 radical (unpaired) electrons. The van der Waals surface area contributed by atoms with Gasteiger partial charge in [-0.25, -0.2) is 4.79 Å². The van der Waals surface area contributed by atoms with Gasteiger partial charge in [0.05, 0.1) is 0 Å². The minimum atomic E-state index is -5.25. The number of carboxylic acids is 1. The van der Waals surface area contributed by atoms with Crippen molar-refractivity contribution < 1.29 is 42.2 Å². The van der Waals surface area contributed by atoms with Gasteiger partial charge in [0.1, 0.15) is 18.8 Å². The first-order valence-electron chi connectivity index (χ1n) is 4.79. The maximum absolute atomic E-state index is 11.9. The SMILES string of the molecule is CC(=O)CC(=O)OC[C@H](NC(=O)C(F)(F)F)C(=O)O. The van der Waals surface area contributed by atoms with Crippen LogP contribution in [0, 0.1) is 0 Å². The Bertz CT molecular complexity index is 392. The molecule has 2 N–H and O–H groups in total. The summed E-state index contributed by atoms with van der Waals surface area (Å²) in [7, 11) is 0. The van der Waals surface area contributed by atoms with Crippen LogP contribution in [0.2, 0.25) is 0 Å². The van der Waals surface area contributed by atoms with E-state index in [0.717, 1.165) is 12.2 Å². The van der Waals surface area contributed by atoms with Crippen LogP contribution in [0.4, 0.5) is 13.2 Å². The number of amides is 1. The van der Waals surface area contributed by atoms with Gasteiger partial charge in [0, 0.05) is 0 Å². The van der Waals surface area contributed by atoms with Gasteiger partial charge in [0.15, 0.2) is 6.04 Å². The fourth-order valence-electron chi connectivity index (χ4n) is 0.845. The molecule has 0 spiro atoms. The number of ketones is 1. The van der Waals surface area contributed by atoms with Crippen molar-refractivity contribution in [1.82, 2.24) is 5.32 Å². The van der Waals surface area contributed by atoms with E-state index in [1.54, 1.807) is 0 Å². The zero-order chi connectivity index (χ0) is 15.2. The maximum atomic E-state index is 11.9. The topological polar surface area (TPSA) is 110 Å². The van der Waals surface area contributed by atoms with Crippen LogP contribution < -0.4 is 5.32 Å². The van der Waals surface area contributed by atoms with Crippen LogP contribution in [0.15, 0.2) is 0 Å². The first kappa shape index (κ1) is 16.9. The number of alkyl halides is 3. The largest absolute Gasteiger partial charge is 0.480 e. The quantitative estimate of drug-likeness (QED) is 0.509. The van der Waals surface area contributed by atoms with Crippen LogP contribution in [0.3, 0.4) is 0 Å². The Morgan fingerprint density at radius 1 is 1.26 bits per heavy atom. The van der Waals surface area contributed by atoms with Gasteiger partial charge in [-0.2, -0.15) is 13.2 Å². The zero-order valence-corrected chi connectivity index (χ0v) is 9.61. The van der Waals surface area contributed by atoms with E-state index in [2.05, 4.69) is 4.74 Å². The molecule has 10 heteroatoms. The van der Waals surface area contributed by atoms with E-state index < -0.39 is 48.9 Å². The number of hydrogen-bond acceptors (Lipinski definition) is 5. The maximum Gasteiger partial charge on any atom is 0.471 e. The average Bonchev–Trinajstić information content (AvgIpc) is 2.20. The minimum absolute atomic E-state index is 0.559. The Morgan fingerprint density at radius 3 is 2.16 bits per heavy atom. The van der Waals surface area contributed by atoms with Gasteiger partial charge in [0.25, 0.3) is 0 Å². The molecule has 0 rings (SSSR count). The van der Waals surface area contributed by atoms with Crippen molar-refractivity contribution in [3.8, 4) is 0 Å². The van der Waals surface area contributed by atoms with Gasteiger partial charge < -0.3 is 15.2 Å². The third-order valence-corrected chi connectivity index (χ3v) is 1.67. The van der Waals surface area contributed by atoms with Crippen molar-refractivity contribution in [2.24, 2.45) is 0 Å². The van der Waals surface area contributed by atoms with Crippen molar-refractivity contribution in [1.29, 1.82) is 0 Å². The smallest absolute Gasteiger partial charge is 0.471 e. The van der Waals surface area contributed by atoms with Gasteiger partial charge in [-0.3, -0.25) is 14.4 Å². The monoisotopic (exact) mass is 285 g/mol. The fourth-order valence-corrected chi connectivity index (χ4v) is 0.845. The number of aliphatic carboxylic acids is 1. The Morgan fingerprint density at radius 2 is 1.79 bits per heavy atom. The van der Waals surface area contributed by atoms with Crippen molar-refractivity contribution in [3.05, 3.63) is 0 Å². The minimum Gasteiger partial charge on any atom is -0.480 e. The molecule has 0 bridgehead atoms. The lowest BCUT2D eigenvalue weighted by atomic mass is 10.3. The summed E-state index contributed by atoms with van der Waals surface area (Å²) in [6, 6.07) is -2.05. The summed E-state index contributed by atoms with van der Waals surface area (Å²) < 4.78 is 39.9. The van der Waals surface area contributed by atoms with E-state index in [-0.39, 0.29) is 0 Å². The number of rotatable bonds is 6. The lowest BCUT2D eigenvalue weighted by Crippen LogP contribution is -2.49. The Labute approximate surface area is 104 Å². The predicted molar refractivity (Wildman–Crippen MR) is 51.9 cm³/mol. The Balaban J connectivity index is 4.44. The summed E-state index contributed by atoms with van der Waals surface area (Å²) in [5.41, 5.74) is 0. The summed E-state index contributed by atoms with van der Waals surface area (Å²) in [4.78, 5) is 42.5. The van der Waals surface area contributed by atoms with Gasteiger partial charge in [-0.05, 0) is 6.92 Å². The van der Waals surface area contributed by atoms with Crippen LogP contribution in [0.5, 0.6) is 0 Å². The molecule has 0 aliphatic heterocycles. The van der Waals surface area contributed by atoms with Gasteiger partial charge in [0.2, 0.25) is 0 Å². The highest BCUT2D eigenvalue weighted by molar-refractivity contribution is 5.94. The molecule has 0 saturated carbocycles. The number of carbonyl (C=O) groups excluding carboxylic acids is 3. The van der Waals surface area contributed by atoms with E-state index in [4.69, 9.17) is 5.11 Å². The van der Waals surface area contributed by atoms with Gasteiger partial charge >= 0.3 is 24.0 Å². The molecule has 108 valence electrons. The van der Waals surface area contributed by atoms with E-state index in [0.29, 0.717) is 0 Å². The molecule has 0 aromatic heterocycles. The summed E-state index contributed by atoms with van der Waals surface area (Å²) in [5.74, 6) is -5.94. The first-order chi connectivity index (χ1) is 8.54. The van der Waals surface area contributed by atoms with E-state index >= 15 is 0 Å². The van der Waals surface area contributed by atoms with Gasteiger partial charge in [-0.1, -0.05) is 0 Å². The molecular formula is C9H10F3NO6. The van der Waals surface area contributed by atoms with Crippen LogP contribution in [-0.2, 0) is 23.9 Å². The van der Waals surface area contributed by atoms with E-state index in [1.807, 2.05) is 0 Å². The molecule has 19 heavy (non-hydrogen) atoms. The highest BCUT2D eigenvalue weighted by atomic mass is 19.4. The number of carboxylic acid groups (broad SMARTS) is 1. The van der Waals surface area contributed by atoms with Crippen LogP contribution in [0.1, 0.15) is 13.3 Å². The molecule has 0 aromatic rings. The van der Waals surface area contributed by atoms with Crippen LogP contribution >= 0.6 is 0 Å². The van der Waals surface area contributed by atoms with Crippen molar-refractivity contribution >= 4 is 23.6 Å². The third kappa shape index (κ3) is 7.01. The molecular weight excluding hydrogens is 275 g/mol. The molecule has 7 nitrogen and oxygen atoms in total. The number of nitrogens with one attached hydrogen (secondary N) is 1. The number of Topliss-reactive ketones (excluding diaryl/α,β-unsaturated/α-hetero) is 1. The lowest BCUT2D eigenvalue weighted by Gasteiger charge is -2.15. The van der Waals surface area contributed by atoms with Gasteiger partial charge in [-0.15, -0.1) is 0 Å². The van der Waals surface area contributed by atoms with E-state index in [9.17, 15) is 32.3 Å². The molecule has 0 aliphatic rings. The second kappa shape index (κ2) is 6.71. The molecule has 0 fully saturated rings. The van der Waals surface area contributed by atoms with Crippen LogP contribution in [-0.4, -0.2) is 47.6 Å². The van der Waals surface area contributed by atoms with Crippen molar-refractivity contribution in [2.45, 2.75) is 25.6 Å². The van der Waals surface area contributed by atoms with Crippen molar-refractivity contribution in [2.75, 3.05) is 6.61 Å². The normalized spacial score (nSPS) is 12.4. The molecule has 1 atom stereocenters. The molecule has 0 unspecified atom stereocenters. The third-order valence-electron chi connectivity index (χ3n) is 1.67. The number of ether oxygens (including phenoxy) is 1. The fraction of sp³-hybridized carbons (Fsp3) is 0.556. The number of halogens is 3. The molecule has 0 saturated heterocycles. The summed E-state index contributed by atoms with van der Waals surface area (Å²) in [6.07, 6.45) is -5.89. The number of hydrogen-bond donors (Lipinski definition) is 2.